The number of rotatable bonds is 14. The zero-order valence-corrected chi connectivity index (χ0v) is 23.2. The summed E-state index contributed by atoms with van der Waals surface area (Å²) in [7, 11) is 3.46. The molecule has 0 heterocycles. The van der Waals surface area contributed by atoms with Crippen molar-refractivity contribution in [3.8, 4) is 6.07 Å². The van der Waals surface area contributed by atoms with Crippen LogP contribution in [0.25, 0.3) is 5.57 Å². The van der Waals surface area contributed by atoms with E-state index in [2.05, 4.69) is 30.4 Å². The second kappa shape index (κ2) is 14.5. The molecule has 6 heteroatoms. The molecule has 2 rings (SSSR count). The molecule has 0 bridgehead atoms. The minimum Gasteiger partial charge on any atom is -0.317 e. The Balaban J connectivity index is 2.46. The average Bonchev–Trinajstić information content (AvgIpc) is 3.74. The van der Waals surface area contributed by atoms with Crippen molar-refractivity contribution in [2.75, 3.05) is 14.1 Å². The molecule has 1 aliphatic rings. The molecule has 1 aliphatic carbocycles. The van der Waals surface area contributed by atoms with Gasteiger partial charge in [-0.1, -0.05) is 44.7 Å². The quantitative estimate of drug-likeness (QED) is 0.157. The molecular weight excluding hydrogens is 480 g/mol. The highest BCUT2D eigenvalue weighted by molar-refractivity contribution is 6.45. The molecule has 0 unspecified atom stereocenters. The molecular formula is C32H39F2N3O. The fourth-order valence-electron chi connectivity index (χ4n) is 4.16. The van der Waals surface area contributed by atoms with Gasteiger partial charge in [-0.15, -0.1) is 0 Å². The van der Waals surface area contributed by atoms with Crippen LogP contribution in [0.4, 0.5) is 8.78 Å². The molecule has 0 amide bonds. The number of halogens is 2. The summed E-state index contributed by atoms with van der Waals surface area (Å²) in [6, 6.07) is 7.30. The number of hydrogen-bond acceptors (Lipinski definition) is 4. The van der Waals surface area contributed by atoms with Gasteiger partial charge in [0, 0.05) is 24.6 Å². The lowest BCUT2D eigenvalue weighted by molar-refractivity contribution is -0.116. The van der Waals surface area contributed by atoms with Crippen LogP contribution in [-0.2, 0) is 4.79 Å². The molecule has 0 aromatic heterocycles. The van der Waals surface area contributed by atoms with E-state index in [0.717, 1.165) is 31.2 Å². The van der Waals surface area contributed by atoms with Crippen LogP contribution in [-0.4, -0.2) is 31.6 Å². The number of carbonyl (C=O) groups is 1. The number of Topliss-reactive ketones (excluding diaryl/α,β-unsaturated/α-hetero) is 1. The summed E-state index contributed by atoms with van der Waals surface area (Å²) < 4.78 is 28.8. The van der Waals surface area contributed by atoms with Crippen LogP contribution in [0.1, 0.15) is 69.9 Å². The Hall–Kier alpha value is -3.43. The summed E-state index contributed by atoms with van der Waals surface area (Å²) in [4.78, 5) is 17.6. The van der Waals surface area contributed by atoms with E-state index in [0.29, 0.717) is 40.7 Å². The molecule has 0 aliphatic heterocycles. The largest absolute Gasteiger partial charge is 0.317 e. The molecule has 1 aromatic rings. The van der Waals surface area contributed by atoms with Gasteiger partial charge >= 0.3 is 0 Å². The van der Waals surface area contributed by atoms with Crippen LogP contribution in [0.2, 0.25) is 0 Å². The first-order chi connectivity index (χ1) is 18.0. The predicted molar refractivity (Wildman–Crippen MR) is 153 cm³/mol. The summed E-state index contributed by atoms with van der Waals surface area (Å²) in [6.45, 7) is 13.0. The maximum absolute atomic E-state index is 15.2. The van der Waals surface area contributed by atoms with Gasteiger partial charge in [-0.2, -0.15) is 5.26 Å². The van der Waals surface area contributed by atoms with Crippen LogP contribution in [0.3, 0.4) is 0 Å². The Labute approximate surface area is 226 Å². The van der Waals surface area contributed by atoms with Gasteiger partial charge in [-0.25, -0.2) is 8.78 Å². The molecule has 202 valence electrons. The van der Waals surface area contributed by atoms with Gasteiger partial charge in [0.15, 0.2) is 5.78 Å². The molecule has 1 N–H and O–H groups in total. The van der Waals surface area contributed by atoms with E-state index in [4.69, 9.17) is 0 Å². The number of carbonyl (C=O) groups excluding carboxylic acids is 1. The standard InChI is InChI=1S/C32H39F2N3O/c1-20(11-12-27(19-35)24(5)33)29(23(4)28-16-15-26(17-30(28)34)25-13-14-25)18-31(37-7)32(38)21(2)9-8-10-22(3)36-6/h11-12,15-18,21-22,25,36H,4-5,8-10,13-14H2,1-3,6-7H3/b20-11+,27-12-,29-18-,37-31?/t21-,22-/m0/s1. The molecule has 0 spiro atoms. The number of hydrogen-bond donors (Lipinski definition) is 1. The number of nitrogens with one attached hydrogen (secondary N) is 1. The minimum absolute atomic E-state index is 0.113. The smallest absolute Gasteiger partial charge is 0.183 e. The van der Waals surface area contributed by atoms with Gasteiger partial charge in [0.1, 0.15) is 23.4 Å². The molecule has 4 nitrogen and oxygen atoms in total. The van der Waals surface area contributed by atoms with Crippen molar-refractivity contribution in [2.24, 2.45) is 10.9 Å². The van der Waals surface area contributed by atoms with Crippen molar-refractivity contribution in [3.05, 3.63) is 89.1 Å². The monoisotopic (exact) mass is 519 g/mol. The topological polar surface area (TPSA) is 65.2 Å². The molecule has 1 aromatic carbocycles. The van der Waals surface area contributed by atoms with E-state index in [1.54, 1.807) is 38.2 Å². The van der Waals surface area contributed by atoms with Gasteiger partial charge in [0.2, 0.25) is 0 Å². The fraction of sp³-hybridized carbons (Fsp3) is 0.406. The van der Waals surface area contributed by atoms with E-state index in [9.17, 15) is 14.4 Å². The van der Waals surface area contributed by atoms with Crippen LogP contribution < -0.4 is 5.32 Å². The van der Waals surface area contributed by atoms with Gasteiger partial charge in [0.05, 0.1) is 5.57 Å². The Bertz CT molecular complexity index is 1230. The van der Waals surface area contributed by atoms with Crippen LogP contribution in [0, 0.1) is 23.1 Å². The van der Waals surface area contributed by atoms with Crippen LogP contribution >= 0.6 is 0 Å². The van der Waals surface area contributed by atoms with Crippen LogP contribution in [0.15, 0.2) is 77.1 Å². The number of nitriles is 1. The Morgan fingerprint density at radius 2 is 1.95 bits per heavy atom. The Morgan fingerprint density at radius 3 is 2.47 bits per heavy atom. The number of nitrogens with zero attached hydrogens (tertiary/aromatic N) is 2. The van der Waals surface area contributed by atoms with Gasteiger partial charge in [0.25, 0.3) is 0 Å². The molecule has 1 fully saturated rings. The Morgan fingerprint density at radius 1 is 1.26 bits per heavy atom. The minimum atomic E-state index is -0.852. The summed E-state index contributed by atoms with van der Waals surface area (Å²) >= 11 is 0. The highest BCUT2D eigenvalue weighted by Gasteiger charge is 2.25. The highest BCUT2D eigenvalue weighted by atomic mass is 19.1. The lowest BCUT2D eigenvalue weighted by Crippen LogP contribution is -2.23. The summed E-state index contributed by atoms with van der Waals surface area (Å²) in [5.41, 5.74) is 2.72. The highest BCUT2D eigenvalue weighted by Crippen LogP contribution is 2.41. The Kier molecular flexibility index (Phi) is 11.7. The van der Waals surface area contributed by atoms with Crippen molar-refractivity contribution < 1.29 is 13.6 Å². The first kappa shape index (κ1) is 30.8. The number of ketones is 1. The van der Waals surface area contributed by atoms with Crippen molar-refractivity contribution in [1.29, 1.82) is 5.26 Å². The van der Waals surface area contributed by atoms with Crippen molar-refractivity contribution >= 4 is 17.1 Å². The molecule has 0 radical (unpaired) electrons. The van der Waals surface area contributed by atoms with E-state index in [-0.39, 0.29) is 23.0 Å². The first-order valence-corrected chi connectivity index (χ1v) is 13.1. The SMILES string of the molecule is C=C(F)\C(C#N)=C/C=C(C)/C(=C/C(=NC)C(=O)[C@@H](C)CCC[C@H](C)NC)C(=C)c1ccc(C2CC2)cc1F. The zero-order chi connectivity index (χ0) is 28.4. The molecule has 0 saturated heterocycles. The van der Waals surface area contributed by atoms with Gasteiger partial charge in [-0.3, -0.25) is 9.79 Å². The number of allylic oxidation sites excluding steroid dienone is 8. The van der Waals surface area contributed by atoms with Crippen LogP contribution in [0.5, 0.6) is 0 Å². The number of benzene rings is 1. The lowest BCUT2D eigenvalue weighted by atomic mass is 9.89. The molecule has 2 atom stereocenters. The number of aliphatic imine (C=N–C) groups is 1. The molecule has 1 saturated carbocycles. The lowest BCUT2D eigenvalue weighted by Gasteiger charge is -2.16. The summed E-state index contributed by atoms with van der Waals surface area (Å²) in [5.74, 6) is -1.20. The fourth-order valence-corrected chi connectivity index (χ4v) is 4.16. The van der Waals surface area contributed by atoms with Gasteiger partial charge < -0.3 is 5.32 Å². The van der Waals surface area contributed by atoms with E-state index >= 15 is 4.39 Å². The molecule has 38 heavy (non-hydrogen) atoms. The second-order valence-corrected chi connectivity index (χ2v) is 9.99. The van der Waals surface area contributed by atoms with Crippen molar-refractivity contribution in [2.45, 2.75) is 64.8 Å². The predicted octanol–water partition coefficient (Wildman–Crippen LogP) is 7.58. The van der Waals surface area contributed by atoms with E-state index in [1.807, 2.05) is 20.0 Å². The normalized spacial score (nSPS) is 16.6. The maximum atomic E-state index is 15.2. The van der Waals surface area contributed by atoms with E-state index in [1.165, 1.54) is 12.2 Å². The summed E-state index contributed by atoms with van der Waals surface area (Å²) in [5, 5.41) is 12.4. The summed E-state index contributed by atoms with van der Waals surface area (Å²) in [6.07, 6.45) is 9.14. The van der Waals surface area contributed by atoms with Crippen molar-refractivity contribution in [3.63, 3.8) is 0 Å². The zero-order valence-electron chi connectivity index (χ0n) is 23.2. The third-order valence-electron chi connectivity index (χ3n) is 7.02. The van der Waals surface area contributed by atoms with Crippen molar-refractivity contribution in [1.82, 2.24) is 5.32 Å². The second-order valence-electron chi connectivity index (χ2n) is 9.99. The maximum Gasteiger partial charge on any atom is 0.183 e. The van der Waals surface area contributed by atoms with Gasteiger partial charge in [-0.05, 0) is 93.0 Å². The average molecular weight is 520 g/mol. The third kappa shape index (κ3) is 8.56. The third-order valence-corrected chi connectivity index (χ3v) is 7.02. The van der Waals surface area contributed by atoms with E-state index < -0.39 is 11.6 Å². The first-order valence-electron chi connectivity index (χ1n) is 13.1.